The van der Waals surface area contributed by atoms with Crippen LogP contribution in [0.15, 0.2) is 28.6 Å². The predicted molar refractivity (Wildman–Crippen MR) is 102 cm³/mol. The Morgan fingerprint density at radius 1 is 1.19 bits per heavy atom. The number of ether oxygens (including phenoxy) is 2. The summed E-state index contributed by atoms with van der Waals surface area (Å²) in [6, 6.07) is 4.16. The summed E-state index contributed by atoms with van der Waals surface area (Å²) in [6.07, 6.45) is 3.93. The van der Waals surface area contributed by atoms with E-state index < -0.39 is 0 Å². The van der Waals surface area contributed by atoms with Gasteiger partial charge in [-0.25, -0.2) is 0 Å². The molecule has 27 heavy (non-hydrogen) atoms. The summed E-state index contributed by atoms with van der Waals surface area (Å²) >= 11 is 0. The van der Waals surface area contributed by atoms with Gasteiger partial charge in [-0.05, 0) is 48.9 Å². The Labute approximate surface area is 159 Å². The van der Waals surface area contributed by atoms with E-state index in [1.165, 1.54) is 11.1 Å². The number of Topliss-reactive ketones (excluding diaryl/α,β-unsaturated/α-hetero) is 1. The average molecular weight is 370 g/mol. The fraction of sp³-hybridized carbons (Fsp3) is 0.524. The van der Waals surface area contributed by atoms with Crippen LogP contribution in [0.5, 0.6) is 11.5 Å². The number of hydrogen-bond acceptors (Lipinski definition) is 6. The van der Waals surface area contributed by atoms with Crippen LogP contribution in [-0.2, 0) is 11.2 Å². The lowest BCUT2D eigenvalue weighted by atomic mass is 9.72. The number of fused-ring (bicyclic) bond motifs is 4. The Morgan fingerprint density at radius 3 is 2.59 bits per heavy atom. The SMILES string of the molecule is CC[C@H]1/C(=N/O)C2=C(CCCC2=O)N2CCc3cc(OC)c(OC)cc3[C@H]12. The van der Waals surface area contributed by atoms with E-state index in [1.54, 1.807) is 14.2 Å². The molecule has 0 amide bonds. The zero-order valence-electron chi connectivity index (χ0n) is 16.1. The summed E-state index contributed by atoms with van der Waals surface area (Å²) in [4.78, 5) is 15.0. The van der Waals surface area contributed by atoms with Crippen LogP contribution in [0.1, 0.15) is 49.8 Å². The van der Waals surface area contributed by atoms with Crippen molar-refractivity contribution in [2.75, 3.05) is 20.8 Å². The lowest BCUT2D eigenvalue weighted by Gasteiger charge is -2.49. The topological polar surface area (TPSA) is 71.4 Å². The van der Waals surface area contributed by atoms with Gasteiger partial charge in [0.05, 0.1) is 31.5 Å². The van der Waals surface area contributed by atoms with E-state index in [0.29, 0.717) is 23.5 Å². The minimum atomic E-state index is -0.0343. The number of oxime groups is 1. The predicted octanol–water partition coefficient (Wildman–Crippen LogP) is 3.48. The van der Waals surface area contributed by atoms with Gasteiger partial charge in [0.2, 0.25) is 0 Å². The molecule has 0 saturated heterocycles. The normalized spacial score (nSPS) is 25.8. The van der Waals surface area contributed by atoms with Gasteiger partial charge in [-0.2, -0.15) is 0 Å². The Bertz CT molecular complexity index is 843. The maximum Gasteiger partial charge on any atom is 0.166 e. The van der Waals surface area contributed by atoms with Gasteiger partial charge in [-0.1, -0.05) is 12.1 Å². The van der Waals surface area contributed by atoms with Crippen molar-refractivity contribution < 1.29 is 19.5 Å². The molecule has 0 unspecified atom stereocenters. The molecule has 4 rings (SSSR count). The summed E-state index contributed by atoms with van der Waals surface area (Å²) in [7, 11) is 3.29. The Kier molecular flexibility index (Phi) is 4.58. The standard InChI is InChI=1S/C21H26N2O4/c1-4-13-20(22-25)19-15(6-5-7-16(19)24)23-9-8-12-10-17(26-2)18(27-3)11-14(12)21(13)23/h10-11,13,21,25H,4-9H2,1-3H3/b22-20-/t13-,21-/m0/s1. The van der Waals surface area contributed by atoms with Gasteiger partial charge in [-0.15, -0.1) is 0 Å². The Hall–Kier alpha value is -2.50. The van der Waals surface area contributed by atoms with Crippen molar-refractivity contribution in [1.82, 2.24) is 4.90 Å². The summed E-state index contributed by atoms with van der Waals surface area (Å²) < 4.78 is 11.0. The highest BCUT2D eigenvalue weighted by Crippen LogP contribution is 2.49. The highest BCUT2D eigenvalue weighted by Gasteiger charge is 2.46. The molecular formula is C21H26N2O4. The van der Waals surface area contributed by atoms with Crippen LogP contribution in [0.2, 0.25) is 0 Å². The number of carbonyl (C=O) groups is 1. The van der Waals surface area contributed by atoms with E-state index in [9.17, 15) is 10.0 Å². The molecule has 144 valence electrons. The van der Waals surface area contributed by atoms with Gasteiger partial charge in [-0.3, -0.25) is 4.79 Å². The molecule has 6 nitrogen and oxygen atoms in total. The molecule has 1 N–H and O–H groups in total. The van der Waals surface area contributed by atoms with Crippen molar-refractivity contribution in [3.05, 3.63) is 34.5 Å². The molecule has 2 atom stereocenters. The van der Waals surface area contributed by atoms with E-state index >= 15 is 0 Å². The van der Waals surface area contributed by atoms with Crippen molar-refractivity contribution in [3.8, 4) is 11.5 Å². The number of nitrogens with zero attached hydrogens (tertiary/aromatic N) is 2. The third kappa shape index (κ3) is 2.61. The maximum atomic E-state index is 12.7. The van der Waals surface area contributed by atoms with Crippen molar-refractivity contribution >= 4 is 11.5 Å². The van der Waals surface area contributed by atoms with E-state index in [-0.39, 0.29) is 17.7 Å². The largest absolute Gasteiger partial charge is 0.493 e. The van der Waals surface area contributed by atoms with Gasteiger partial charge in [0, 0.05) is 24.6 Å². The molecule has 2 heterocycles. The number of carbonyl (C=O) groups excluding carboxylic acids is 1. The minimum absolute atomic E-state index is 0.0343. The van der Waals surface area contributed by atoms with Crippen molar-refractivity contribution in [2.45, 2.75) is 45.1 Å². The first-order chi connectivity index (χ1) is 13.1. The van der Waals surface area contributed by atoms with Gasteiger partial charge in [0.25, 0.3) is 0 Å². The van der Waals surface area contributed by atoms with Gasteiger partial charge >= 0.3 is 0 Å². The molecule has 1 aromatic carbocycles. The van der Waals surface area contributed by atoms with E-state index in [4.69, 9.17) is 9.47 Å². The number of benzene rings is 1. The number of ketones is 1. The van der Waals surface area contributed by atoms with Gasteiger partial charge in [0.1, 0.15) is 0 Å². The molecule has 0 bridgehead atoms. The van der Waals surface area contributed by atoms with Crippen LogP contribution in [0.4, 0.5) is 0 Å². The molecule has 1 aliphatic carbocycles. The van der Waals surface area contributed by atoms with Crippen LogP contribution in [-0.4, -0.2) is 42.4 Å². The molecule has 0 aromatic heterocycles. The third-order valence-electron chi connectivity index (χ3n) is 6.19. The van der Waals surface area contributed by atoms with Crippen LogP contribution in [0.3, 0.4) is 0 Å². The highest BCUT2D eigenvalue weighted by atomic mass is 16.5. The maximum absolute atomic E-state index is 12.7. The monoisotopic (exact) mass is 370 g/mol. The molecule has 2 aliphatic heterocycles. The first-order valence-corrected chi connectivity index (χ1v) is 9.64. The molecule has 1 aromatic rings. The second-order valence-electron chi connectivity index (χ2n) is 7.39. The highest BCUT2D eigenvalue weighted by molar-refractivity contribution is 6.24. The number of rotatable bonds is 3. The van der Waals surface area contributed by atoms with E-state index in [2.05, 4.69) is 29.1 Å². The zero-order valence-corrected chi connectivity index (χ0v) is 16.1. The third-order valence-corrected chi connectivity index (χ3v) is 6.19. The second-order valence-corrected chi connectivity index (χ2v) is 7.39. The fourth-order valence-corrected chi connectivity index (χ4v) is 4.99. The second kappa shape index (κ2) is 6.91. The minimum Gasteiger partial charge on any atom is -0.493 e. The molecule has 0 saturated carbocycles. The molecule has 0 spiro atoms. The lowest BCUT2D eigenvalue weighted by molar-refractivity contribution is -0.116. The van der Waals surface area contributed by atoms with Crippen LogP contribution in [0, 0.1) is 5.92 Å². The number of allylic oxidation sites excluding steroid dienone is 2. The first kappa shape index (κ1) is 17.9. The lowest BCUT2D eigenvalue weighted by Crippen LogP contribution is -2.48. The fourth-order valence-electron chi connectivity index (χ4n) is 4.99. The summed E-state index contributed by atoms with van der Waals surface area (Å²) in [6.45, 7) is 2.94. The Morgan fingerprint density at radius 2 is 1.93 bits per heavy atom. The Balaban J connectivity index is 1.91. The molecule has 6 heteroatoms. The summed E-state index contributed by atoms with van der Waals surface area (Å²) in [5, 5.41) is 13.4. The summed E-state index contributed by atoms with van der Waals surface area (Å²) in [5.74, 6) is 1.51. The van der Waals surface area contributed by atoms with Crippen molar-refractivity contribution in [3.63, 3.8) is 0 Å². The molecular weight excluding hydrogens is 344 g/mol. The quantitative estimate of drug-likeness (QED) is 0.651. The van der Waals surface area contributed by atoms with Gasteiger partial charge < -0.3 is 19.6 Å². The van der Waals surface area contributed by atoms with Crippen molar-refractivity contribution in [1.29, 1.82) is 0 Å². The first-order valence-electron chi connectivity index (χ1n) is 9.64. The number of hydrogen-bond donors (Lipinski definition) is 1. The number of methoxy groups -OCH3 is 2. The van der Waals surface area contributed by atoms with Gasteiger partial charge in [0.15, 0.2) is 17.3 Å². The molecule has 3 aliphatic rings. The van der Waals surface area contributed by atoms with Crippen molar-refractivity contribution in [2.24, 2.45) is 11.1 Å². The summed E-state index contributed by atoms with van der Waals surface area (Å²) in [5.41, 5.74) is 4.68. The van der Waals surface area contributed by atoms with E-state index in [0.717, 1.165) is 43.7 Å². The molecule has 0 radical (unpaired) electrons. The zero-order chi connectivity index (χ0) is 19.1. The van der Waals surface area contributed by atoms with Crippen LogP contribution >= 0.6 is 0 Å². The van der Waals surface area contributed by atoms with Crippen LogP contribution in [0.25, 0.3) is 0 Å². The van der Waals surface area contributed by atoms with E-state index in [1.807, 2.05) is 0 Å². The van der Waals surface area contributed by atoms with Crippen LogP contribution < -0.4 is 9.47 Å². The average Bonchev–Trinajstić information content (AvgIpc) is 2.71. The molecule has 0 fully saturated rings. The smallest absolute Gasteiger partial charge is 0.166 e.